The number of nitrogens with zero attached hydrogens (tertiary/aromatic N) is 2. The summed E-state index contributed by atoms with van der Waals surface area (Å²) in [6, 6.07) is 12.3. The fraction of sp³-hybridized carbons (Fsp3) is 0.0952. The van der Waals surface area contributed by atoms with E-state index in [2.05, 4.69) is 20.0 Å². The predicted molar refractivity (Wildman–Crippen MR) is 123 cm³/mol. The molecule has 0 aliphatic carbocycles. The lowest BCUT2D eigenvalue weighted by molar-refractivity contribution is -0.111. The van der Waals surface area contributed by atoms with E-state index in [1.165, 1.54) is 30.3 Å². The first-order valence-corrected chi connectivity index (χ1v) is 11.3. The topological polar surface area (TPSA) is 101 Å². The Balaban J connectivity index is 1.66. The van der Waals surface area contributed by atoms with Gasteiger partial charge in [0.1, 0.15) is 11.6 Å². The Morgan fingerprint density at radius 1 is 0.968 bits per heavy atom. The third kappa shape index (κ3) is 6.27. The van der Waals surface area contributed by atoms with Crippen LogP contribution in [-0.4, -0.2) is 24.3 Å². The number of hydrogen-bond acceptors (Lipinski definition) is 5. The van der Waals surface area contributed by atoms with Crippen LogP contribution < -0.4 is 10.0 Å². The first kappa shape index (κ1) is 22.7. The first-order valence-electron chi connectivity index (χ1n) is 9.02. The zero-order valence-electron chi connectivity index (χ0n) is 16.6. The van der Waals surface area contributed by atoms with Gasteiger partial charge in [-0.2, -0.15) is 0 Å². The van der Waals surface area contributed by atoms with Gasteiger partial charge in [0.25, 0.3) is 10.0 Å². The molecule has 0 saturated carbocycles. The predicted octanol–water partition coefficient (Wildman–Crippen LogP) is 4.85. The molecule has 1 amide bonds. The van der Waals surface area contributed by atoms with Crippen molar-refractivity contribution in [3.8, 4) is 0 Å². The molecule has 2 N–H and O–H groups in total. The number of anilines is 2. The molecular weight excluding hydrogens is 459 g/mol. The second kappa shape index (κ2) is 9.47. The standard InChI is InChI=1S/C21H18Cl2N4O3S/c1-13-11-20(25-14(2)24-13)27-31(29,30)17-7-5-16(6-8-17)26-21(28)10-4-15-3-9-18(22)19(23)12-15/h3-12H,1-2H3,(H,26,28)(H,24,25,27)/b10-4+. The molecule has 0 saturated heterocycles. The summed E-state index contributed by atoms with van der Waals surface area (Å²) in [6.45, 7) is 3.43. The normalized spacial score (nSPS) is 11.5. The molecule has 0 atom stereocenters. The molecule has 0 aliphatic rings. The molecule has 10 heteroatoms. The molecule has 0 bridgehead atoms. The molecule has 31 heavy (non-hydrogen) atoms. The third-order valence-corrected chi connectivity index (χ3v) is 6.12. The smallest absolute Gasteiger partial charge is 0.263 e. The van der Waals surface area contributed by atoms with E-state index in [1.807, 2.05) is 0 Å². The second-order valence-corrected chi connectivity index (χ2v) is 9.06. The Morgan fingerprint density at radius 3 is 2.32 bits per heavy atom. The number of carbonyl (C=O) groups excluding carboxylic acids is 1. The summed E-state index contributed by atoms with van der Waals surface area (Å²) in [6.07, 6.45) is 2.93. The fourth-order valence-corrected chi connectivity index (χ4v) is 3.95. The number of benzene rings is 2. The highest BCUT2D eigenvalue weighted by Crippen LogP contribution is 2.23. The number of sulfonamides is 1. The maximum absolute atomic E-state index is 12.6. The summed E-state index contributed by atoms with van der Waals surface area (Å²) in [5.74, 6) is 0.270. The molecule has 0 aliphatic heterocycles. The molecule has 0 radical (unpaired) electrons. The van der Waals surface area contributed by atoms with Gasteiger partial charge in [-0.25, -0.2) is 18.4 Å². The minimum atomic E-state index is -3.84. The Labute approximate surface area is 190 Å². The zero-order chi connectivity index (χ0) is 22.6. The van der Waals surface area contributed by atoms with Crippen LogP contribution in [0, 0.1) is 13.8 Å². The highest BCUT2D eigenvalue weighted by molar-refractivity contribution is 7.92. The summed E-state index contributed by atoms with van der Waals surface area (Å²) in [5.41, 5.74) is 1.81. The molecule has 0 spiro atoms. The lowest BCUT2D eigenvalue weighted by atomic mass is 10.2. The van der Waals surface area contributed by atoms with Crippen molar-refractivity contribution in [1.29, 1.82) is 0 Å². The summed E-state index contributed by atoms with van der Waals surface area (Å²) in [5, 5.41) is 3.48. The number of amides is 1. The lowest BCUT2D eigenvalue weighted by Crippen LogP contribution is -2.15. The van der Waals surface area contributed by atoms with Crippen LogP contribution in [0.3, 0.4) is 0 Å². The Morgan fingerprint density at radius 2 is 1.68 bits per heavy atom. The summed E-state index contributed by atoms with van der Waals surface area (Å²) >= 11 is 11.8. The molecule has 1 aromatic heterocycles. The van der Waals surface area contributed by atoms with E-state index in [1.54, 1.807) is 44.2 Å². The van der Waals surface area contributed by atoms with Crippen molar-refractivity contribution >= 4 is 56.7 Å². The number of halogens is 2. The Hall–Kier alpha value is -2.94. The van der Waals surface area contributed by atoms with Crippen molar-refractivity contribution in [2.45, 2.75) is 18.7 Å². The molecule has 2 aromatic carbocycles. The Kier molecular flexibility index (Phi) is 6.94. The summed E-state index contributed by atoms with van der Waals surface area (Å²) in [4.78, 5) is 20.3. The van der Waals surface area contributed by atoms with Gasteiger partial charge in [0.05, 0.1) is 14.9 Å². The van der Waals surface area contributed by atoms with Crippen LogP contribution in [0.5, 0.6) is 0 Å². The van der Waals surface area contributed by atoms with Gasteiger partial charge in [-0.05, 0) is 61.9 Å². The van der Waals surface area contributed by atoms with E-state index in [4.69, 9.17) is 23.2 Å². The maximum atomic E-state index is 12.6. The minimum Gasteiger partial charge on any atom is -0.323 e. The fourth-order valence-electron chi connectivity index (χ4n) is 2.66. The highest BCUT2D eigenvalue weighted by atomic mass is 35.5. The highest BCUT2D eigenvalue weighted by Gasteiger charge is 2.15. The quantitative estimate of drug-likeness (QED) is 0.494. The molecule has 1 heterocycles. The SMILES string of the molecule is Cc1cc(NS(=O)(=O)c2ccc(NC(=O)/C=C/c3ccc(Cl)c(Cl)c3)cc2)nc(C)n1. The van der Waals surface area contributed by atoms with Gasteiger partial charge < -0.3 is 5.32 Å². The number of aromatic nitrogens is 2. The van der Waals surface area contributed by atoms with Crippen LogP contribution in [0.4, 0.5) is 11.5 Å². The Bertz CT molecular complexity index is 1240. The molecule has 0 unspecified atom stereocenters. The van der Waals surface area contributed by atoms with Gasteiger partial charge in [-0.1, -0.05) is 29.3 Å². The molecule has 3 rings (SSSR count). The first-order chi connectivity index (χ1) is 14.6. The molecule has 0 fully saturated rings. The van der Waals surface area contributed by atoms with Gasteiger partial charge in [0.2, 0.25) is 5.91 Å². The largest absolute Gasteiger partial charge is 0.323 e. The van der Waals surface area contributed by atoms with Gasteiger partial charge in [-0.3, -0.25) is 9.52 Å². The summed E-state index contributed by atoms with van der Waals surface area (Å²) < 4.78 is 27.6. The number of hydrogen-bond donors (Lipinski definition) is 2. The van der Waals surface area contributed by atoms with Crippen LogP contribution >= 0.6 is 23.2 Å². The molecule has 7 nitrogen and oxygen atoms in total. The van der Waals surface area contributed by atoms with Crippen molar-refractivity contribution in [2.24, 2.45) is 0 Å². The monoisotopic (exact) mass is 476 g/mol. The zero-order valence-corrected chi connectivity index (χ0v) is 18.9. The molecular formula is C21H18Cl2N4O3S. The lowest BCUT2D eigenvalue weighted by Gasteiger charge is -2.09. The van der Waals surface area contributed by atoms with Crippen LogP contribution in [-0.2, 0) is 14.8 Å². The van der Waals surface area contributed by atoms with Crippen LogP contribution in [0.25, 0.3) is 6.08 Å². The van der Waals surface area contributed by atoms with Gasteiger partial charge in [0, 0.05) is 23.5 Å². The molecule has 160 valence electrons. The van der Waals surface area contributed by atoms with Gasteiger partial charge in [0.15, 0.2) is 0 Å². The van der Waals surface area contributed by atoms with E-state index in [0.29, 0.717) is 32.8 Å². The van der Waals surface area contributed by atoms with Crippen LogP contribution in [0.2, 0.25) is 10.0 Å². The maximum Gasteiger partial charge on any atom is 0.263 e. The van der Waals surface area contributed by atoms with E-state index >= 15 is 0 Å². The summed E-state index contributed by atoms with van der Waals surface area (Å²) in [7, 11) is -3.84. The van der Waals surface area contributed by atoms with E-state index in [-0.39, 0.29) is 16.6 Å². The average Bonchev–Trinajstić information content (AvgIpc) is 2.68. The number of aryl methyl sites for hydroxylation is 2. The van der Waals surface area contributed by atoms with Crippen molar-refractivity contribution in [1.82, 2.24) is 9.97 Å². The van der Waals surface area contributed by atoms with Crippen molar-refractivity contribution in [3.63, 3.8) is 0 Å². The third-order valence-electron chi connectivity index (χ3n) is 4.01. The van der Waals surface area contributed by atoms with Crippen molar-refractivity contribution in [3.05, 3.63) is 81.7 Å². The second-order valence-electron chi connectivity index (χ2n) is 6.57. The van der Waals surface area contributed by atoms with Crippen molar-refractivity contribution in [2.75, 3.05) is 10.0 Å². The number of carbonyl (C=O) groups is 1. The van der Waals surface area contributed by atoms with E-state index in [9.17, 15) is 13.2 Å². The van der Waals surface area contributed by atoms with Gasteiger partial charge >= 0.3 is 0 Å². The van der Waals surface area contributed by atoms with Crippen LogP contribution in [0.15, 0.2) is 59.5 Å². The average molecular weight is 477 g/mol. The van der Waals surface area contributed by atoms with Crippen LogP contribution in [0.1, 0.15) is 17.1 Å². The molecule has 3 aromatic rings. The van der Waals surface area contributed by atoms with E-state index < -0.39 is 10.0 Å². The minimum absolute atomic E-state index is 0.0331. The van der Waals surface area contributed by atoms with Crippen molar-refractivity contribution < 1.29 is 13.2 Å². The number of rotatable bonds is 6. The van der Waals surface area contributed by atoms with Gasteiger partial charge in [-0.15, -0.1) is 0 Å². The number of nitrogens with one attached hydrogen (secondary N) is 2. The van der Waals surface area contributed by atoms with E-state index in [0.717, 1.165) is 0 Å².